The summed E-state index contributed by atoms with van der Waals surface area (Å²) in [5.74, 6) is 4.41. The quantitative estimate of drug-likeness (QED) is 0.754. The monoisotopic (exact) mass is 351 g/mol. The number of aromatic nitrogens is 2. The van der Waals surface area contributed by atoms with E-state index in [2.05, 4.69) is 31.2 Å². The first-order valence-corrected chi connectivity index (χ1v) is 10.1. The fourth-order valence-corrected chi connectivity index (χ4v) is 4.24. The summed E-state index contributed by atoms with van der Waals surface area (Å²) in [5.41, 5.74) is 0. The maximum absolute atomic E-state index is 5.14. The molecule has 0 bridgehead atoms. The fraction of sp³-hybridized carbons (Fsp3) is 0.765. The number of thioether (sulfide) groups is 1. The molecule has 7 heteroatoms. The van der Waals surface area contributed by atoms with Crippen LogP contribution in [-0.4, -0.2) is 78.9 Å². The van der Waals surface area contributed by atoms with Gasteiger partial charge in [-0.3, -0.25) is 0 Å². The van der Waals surface area contributed by atoms with E-state index in [0.717, 1.165) is 57.4 Å². The molecular weight excluding hydrogens is 322 g/mol. The molecular formula is C17H29N5OS. The van der Waals surface area contributed by atoms with Crippen LogP contribution in [0.2, 0.25) is 0 Å². The molecule has 2 aliphatic rings. The molecule has 24 heavy (non-hydrogen) atoms. The Morgan fingerprint density at radius 2 is 2.00 bits per heavy atom. The van der Waals surface area contributed by atoms with Gasteiger partial charge in [0.25, 0.3) is 0 Å². The number of rotatable bonds is 7. The maximum Gasteiger partial charge on any atom is 0.134 e. The normalized spacial score (nSPS) is 20.3. The number of anilines is 2. The average Bonchev–Trinajstić information content (AvgIpc) is 2.64. The topological polar surface area (TPSA) is 53.5 Å². The van der Waals surface area contributed by atoms with Crippen molar-refractivity contribution in [1.82, 2.24) is 14.9 Å². The standard InChI is InChI=1S/C17H29N5OS/c1-23-10-2-5-21-6-3-15(4-7-21)20-16-13-17(19-14-18-16)22-8-11-24-12-9-22/h13-15H,2-12H2,1H3,(H,18,19,20). The number of nitrogens with zero attached hydrogens (tertiary/aromatic N) is 4. The Balaban J connectivity index is 1.46. The average molecular weight is 352 g/mol. The molecule has 0 radical (unpaired) electrons. The second kappa shape index (κ2) is 9.44. The Kier molecular flexibility index (Phi) is 6.98. The van der Waals surface area contributed by atoms with Crippen molar-refractivity contribution >= 4 is 23.4 Å². The number of likely N-dealkylation sites (tertiary alicyclic amines) is 1. The van der Waals surface area contributed by atoms with Crippen LogP contribution < -0.4 is 10.2 Å². The van der Waals surface area contributed by atoms with Crippen molar-refractivity contribution in [2.24, 2.45) is 0 Å². The molecule has 0 atom stereocenters. The second-order valence-corrected chi connectivity index (χ2v) is 7.69. The summed E-state index contributed by atoms with van der Waals surface area (Å²) in [6.45, 7) is 6.48. The summed E-state index contributed by atoms with van der Waals surface area (Å²) < 4.78 is 5.14. The van der Waals surface area contributed by atoms with E-state index >= 15 is 0 Å². The molecule has 0 saturated carbocycles. The highest BCUT2D eigenvalue weighted by Gasteiger charge is 2.19. The van der Waals surface area contributed by atoms with E-state index in [1.54, 1.807) is 13.4 Å². The molecule has 2 saturated heterocycles. The van der Waals surface area contributed by atoms with Crippen molar-refractivity contribution in [2.75, 3.05) is 68.2 Å². The molecule has 2 fully saturated rings. The van der Waals surface area contributed by atoms with E-state index in [1.165, 1.54) is 24.3 Å². The second-order valence-electron chi connectivity index (χ2n) is 6.47. The molecule has 1 N–H and O–H groups in total. The van der Waals surface area contributed by atoms with E-state index in [-0.39, 0.29) is 0 Å². The molecule has 1 aromatic heterocycles. The molecule has 1 aromatic rings. The number of nitrogens with one attached hydrogen (secondary N) is 1. The Hall–Kier alpha value is -1.05. The molecule has 6 nitrogen and oxygen atoms in total. The van der Waals surface area contributed by atoms with Crippen LogP contribution >= 0.6 is 11.8 Å². The van der Waals surface area contributed by atoms with Gasteiger partial charge in [0, 0.05) is 70.1 Å². The molecule has 0 aromatic carbocycles. The van der Waals surface area contributed by atoms with Gasteiger partial charge in [-0.1, -0.05) is 0 Å². The molecule has 0 spiro atoms. The number of hydrogen-bond acceptors (Lipinski definition) is 7. The first kappa shape index (κ1) is 17.8. The van der Waals surface area contributed by atoms with Gasteiger partial charge < -0.3 is 19.9 Å². The van der Waals surface area contributed by atoms with Crippen molar-refractivity contribution in [2.45, 2.75) is 25.3 Å². The van der Waals surface area contributed by atoms with Crippen LogP contribution in [0.5, 0.6) is 0 Å². The molecule has 0 unspecified atom stereocenters. The van der Waals surface area contributed by atoms with Gasteiger partial charge in [-0.2, -0.15) is 11.8 Å². The van der Waals surface area contributed by atoms with Gasteiger partial charge in [-0.15, -0.1) is 0 Å². The summed E-state index contributed by atoms with van der Waals surface area (Å²) in [4.78, 5) is 13.8. The van der Waals surface area contributed by atoms with Gasteiger partial charge in [-0.25, -0.2) is 9.97 Å². The van der Waals surface area contributed by atoms with Crippen molar-refractivity contribution in [1.29, 1.82) is 0 Å². The fourth-order valence-electron chi connectivity index (χ4n) is 3.33. The van der Waals surface area contributed by atoms with Crippen LogP contribution in [-0.2, 0) is 4.74 Å². The van der Waals surface area contributed by atoms with E-state index in [0.29, 0.717) is 6.04 Å². The van der Waals surface area contributed by atoms with Crippen molar-refractivity contribution in [3.05, 3.63) is 12.4 Å². The zero-order chi connectivity index (χ0) is 16.6. The first-order valence-electron chi connectivity index (χ1n) is 8.98. The third-order valence-corrected chi connectivity index (χ3v) is 5.69. The van der Waals surface area contributed by atoms with Crippen LogP contribution in [0, 0.1) is 0 Å². The van der Waals surface area contributed by atoms with E-state index in [4.69, 9.17) is 4.74 Å². The maximum atomic E-state index is 5.14. The highest BCUT2D eigenvalue weighted by atomic mass is 32.2. The number of piperidine rings is 1. The highest BCUT2D eigenvalue weighted by Crippen LogP contribution is 2.21. The van der Waals surface area contributed by atoms with Crippen LogP contribution in [0.3, 0.4) is 0 Å². The summed E-state index contributed by atoms with van der Waals surface area (Å²) >= 11 is 2.02. The minimum absolute atomic E-state index is 0.517. The van der Waals surface area contributed by atoms with Crippen LogP contribution in [0.25, 0.3) is 0 Å². The predicted octanol–water partition coefficient (Wildman–Crippen LogP) is 1.94. The largest absolute Gasteiger partial charge is 0.385 e. The van der Waals surface area contributed by atoms with Gasteiger partial charge in [0.05, 0.1) is 0 Å². The summed E-state index contributed by atoms with van der Waals surface area (Å²) in [6.07, 6.45) is 5.16. The van der Waals surface area contributed by atoms with Crippen molar-refractivity contribution in [3.63, 3.8) is 0 Å². The molecule has 0 amide bonds. The Bertz CT molecular complexity index is 490. The third-order valence-electron chi connectivity index (χ3n) is 4.75. The van der Waals surface area contributed by atoms with Gasteiger partial charge in [-0.05, 0) is 19.3 Å². The first-order chi connectivity index (χ1) is 11.8. The molecule has 0 aliphatic carbocycles. The number of ether oxygens (including phenoxy) is 1. The Labute approximate surface area is 149 Å². The SMILES string of the molecule is COCCCN1CCC(Nc2cc(N3CCSCC3)ncn2)CC1. The Morgan fingerprint density at radius 1 is 1.21 bits per heavy atom. The van der Waals surface area contributed by atoms with E-state index in [9.17, 15) is 0 Å². The molecule has 3 heterocycles. The van der Waals surface area contributed by atoms with Gasteiger partial charge in [0.2, 0.25) is 0 Å². The predicted molar refractivity (Wildman–Crippen MR) is 101 cm³/mol. The Morgan fingerprint density at radius 3 is 2.75 bits per heavy atom. The zero-order valence-corrected chi connectivity index (χ0v) is 15.4. The lowest BCUT2D eigenvalue weighted by Gasteiger charge is -2.32. The van der Waals surface area contributed by atoms with Crippen molar-refractivity contribution in [3.8, 4) is 0 Å². The highest BCUT2D eigenvalue weighted by molar-refractivity contribution is 7.99. The number of hydrogen-bond donors (Lipinski definition) is 1. The zero-order valence-electron chi connectivity index (χ0n) is 14.6. The third kappa shape index (κ3) is 5.22. The van der Waals surface area contributed by atoms with E-state index < -0.39 is 0 Å². The molecule has 134 valence electrons. The van der Waals surface area contributed by atoms with Gasteiger partial charge >= 0.3 is 0 Å². The summed E-state index contributed by atoms with van der Waals surface area (Å²) in [7, 11) is 1.77. The van der Waals surface area contributed by atoms with Crippen LogP contribution in [0.4, 0.5) is 11.6 Å². The number of methoxy groups -OCH3 is 1. The molecule has 3 rings (SSSR count). The lowest BCUT2D eigenvalue weighted by atomic mass is 10.0. The van der Waals surface area contributed by atoms with Gasteiger partial charge in [0.1, 0.15) is 18.0 Å². The molecule has 2 aliphatic heterocycles. The lowest BCUT2D eigenvalue weighted by molar-refractivity contribution is 0.159. The minimum Gasteiger partial charge on any atom is -0.385 e. The van der Waals surface area contributed by atoms with Crippen LogP contribution in [0.1, 0.15) is 19.3 Å². The minimum atomic E-state index is 0.517. The smallest absolute Gasteiger partial charge is 0.134 e. The summed E-state index contributed by atoms with van der Waals surface area (Å²) in [5, 5.41) is 3.61. The van der Waals surface area contributed by atoms with Gasteiger partial charge in [0.15, 0.2) is 0 Å². The summed E-state index contributed by atoms with van der Waals surface area (Å²) in [6, 6.07) is 2.63. The van der Waals surface area contributed by atoms with Crippen molar-refractivity contribution < 1.29 is 4.74 Å². The van der Waals surface area contributed by atoms with E-state index in [1.807, 2.05) is 11.8 Å². The van der Waals surface area contributed by atoms with Crippen LogP contribution in [0.15, 0.2) is 12.4 Å². The lowest BCUT2D eigenvalue weighted by Crippen LogP contribution is -2.40.